The van der Waals surface area contributed by atoms with Gasteiger partial charge >= 0.3 is 6.18 Å². The monoisotopic (exact) mass is 273 g/mol. The number of hydrogen-bond donors (Lipinski definition) is 0. The van der Waals surface area contributed by atoms with Crippen molar-refractivity contribution in [3.05, 3.63) is 23.3 Å². The summed E-state index contributed by atoms with van der Waals surface area (Å²) in [7, 11) is 0. The van der Waals surface area contributed by atoms with Crippen LogP contribution in [0.4, 0.5) is 13.2 Å². The molecule has 0 aliphatic carbocycles. The van der Waals surface area contributed by atoms with Crippen molar-refractivity contribution < 1.29 is 22.6 Å². The summed E-state index contributed by atoms with van der Waals surface area (Å²) in [5.41, 5.74) is 1.95. The van der Waals surface area contributed by atoms with Crippen LogP contribution in [-0.2, 0) is 13.0 Å². The number of benzene rings is 1. The van der Waals surface area contributed by atoms with Crippen LogP contribution in [0.25, 0.3) is 0 Å². The van der Waals surface area contributed by atoms with Crippen LogP contribution in [0.3, 0.4) is 0 Å². The molecule has 0 radical (unpaired) electrons. The van der Waals surface area contributed by atoms with E-state index in [9.17, 15) is 13.2 Å². The number of fused-ring (bicyclic) bond motifs is 2. The van der Waals surface area contributed by atoms with Crippen LogP contribution >= 0.6 is 0 Å². The number of halogens is 3. The molecule has 0 fully saturated rings. The molecule has 0 saturated carbocycles. The van der Waals surface area contributed by atoms with Crippen molar-refractivity contribution in [3.63, 3.8) is 0 Å². The van der Waals surface area contributed by atoms with Crippen LogP contribution in [0.15, 0.2) is 12.1 Å². The van der Waals surface area contributed by atoms with Gasteiger partial charge in [-0.3, -0.25) is 4.90 Å². The summed E-state index contributed by atoms with van der Waals surface area (Å²) in [6, 6.07) is 3.56. The molecule has 0 amide bonds. The number of rotatable bonds is 1. The van der Waals surface area contributed by atoms with E-state index in [1.54, 1.807) is 6.07 Å². The van der Waals surface area contributed by atoms with Gasteiger partial charge in [0.1, 0.15) is 0 Å². The molecule has 0 bridgehead atoms. The van der Waals surface area contributed by atoms with Crippen LogP contribution in [0.2, 0.25) is 0 Å². The summed E-state index contributed by atoms with van der Waals surface area (Å²) in [5, 5.41) is 0. The average Bonchev–Trinajstić information content (AvgIpc) is 2.72. The second-order valence-corrected chi connectivity index (χ2v) is 5.05. The van der Waals surface area contributed by atoms with Crippen LogP contribution in [0.5, 0.6) is 11.5 Å². The molecule has 2 aliphatic heterocycles. The third-order valence-electron chi connectivity index (χ3n) is 3.59. The topological polar surface area (TPSA) is 21.7 Å². The Morgan fingerprint density at radius 2 is 1.84 bits per heavy atom. The molecule has 0 aromatic heterocycles. The number of hydrogen-bond acceptors (Lipinski definition) is 3. The average molecular weight is 273 g/mol. The van der Waals surface area contributed by atoms with Gasteiger partial charge in [-0.05, 0) is 36.6 Å². The van der Waals surface area contributed by atoms with E-state index < -0.39 is 12.7 Å². The molecule has 1 unspecified atom stereocenters. The zero-order valence-electron chi connectivity index (χ0n) is 10.5. The van der Waals surface area contributed by atoms with E-state index in [0.29, 0.717) is 24.5 Å². The Hall–Kier alpha value is -1.43. The minimum absolute atomic E-state index is 0.130. The lowest BCUT2D eigenvalue weighted by Crippen LogP contribution is -2.43. The van der Waals surface area contributed by atoms with Crippen LogP contribution < -0.4 is 9.47 Å². The van der Waals surface area contributed by atoms with Crippen molar-refractivity contribution in [3.8, 4) is 11.5 Å². The predicted octanol–water partition coefficient (Wildman–Crippen LogP) is 2.72. The third-order valence-corrected chi connectivity index (χ3v) is 3.59. The maximum Gasteiger partial charge on any atom is 0.401 e. The van der Waals surface area contributed by atoms with E-state index in [2.05, 4.69) is 0 Å². The van der Waals surface area contributed by atoms with E-state index in [1.807, 2.05) is 13.0 Å². The SMILES string of the molecule is CC1Cc2cc3c(cc2CN1CC(F)(F)F)OCO3. The van der Waals surface area contributed by atoms with Gasteiger partial charge in [-0.25, -0.2) is 0 Å². The fraction of sp³-hybridized carbons (Fsp3) is 0.538. The highest BCUT2D eigenvalue weighted by molar-refractivity contribution is 5.49. The van der Waals surface area contributed by atoms with Crippen LogP contribution in [-0.4, -0.2) is 30.5 Å². The smallest absolute Gasteiger partial charge is 0.401 e. The fourth-order valence-corrected chi connectivity index (χ4v) is 2.63. The van der Waals surface area contributed by atoms with E-state index in [-0.39, 0.29) is 12.8 Å². The highest BCUT2D eigenvalue weighted by Gasteiger charge is 2.35. The van der Waals surface area contributed by atoms with E-state index in [1.165, 1.54) is 4.90 Å². The highest BCUT2D eigenvalue weighted by Crippen LogP contribution is 2.38. The van der Waals surface area contributed by atoms with Gasteiger partial charge in [0.05, 0.1) is 6.54 Å². The maximum absolute atomic E-state index is 12.5. The van der Waals surface area contributed by atoms with Crippen molar-refractivity contribution in [2.75, 3.05) is 13.3 Å². The molecule has 19 heavy (non-hydrogen) atoms. The zero-order chi connectivity index (χ0) is 13.6. The Balaban J connectivity index is 1.86. The van der Waals surface area contributed by atoms with Crippen molar-refractivity contribution in [1.82, 2.24) is 4.90 Å². The molecule has 0 spiro atoms. The van der Waals surface area contributed by atoms with E-state index in [4.69, 9.17) is 9.47 Å². The summed E-state index contributed by atoms with van der Waals surface area (Å²) in [6.07, 6.45) is -3.57. The highest BCUT2D eigenvalue weighted by atomic mass is 19.4. The predicted molar refractivity (Wildman–Crippen MR) is 62.2 cm³/mol. The molecule has 1 atom stereocenters. The van der Waals surface area contributed by atoms with Gasteiger partial charge in [0.15, 0.2) is 11.5 Å². The summed E-state index contributed by atoms with van der Waals surface area (Å²) in [5.74, 6) is 1.32. The Morgan fingerprint density at radius 3 is 2.47 bits per heavy atom. The second-order valence-electron chi connectivity index (χ2n) is 5.05. The Kier molecular flexibility index (Phi) is 2.85. The second kappa shape index (κ2) is 4.30. The van der Waals surface area contributed by atoms with Crippen molar-refractivity contribution in [2.24, 2.45) is 0 Å². The lowest BCUT2D eigenvalue weighted by molar-refractivity contribution is -0.152. The molecule has 3 nitrogen and oxygen atoms in total. The first-order valence-electron chi connectivity index (χ1n) is 6.14. The molecule has 2 heterocycles. The first-order valence-corrected chi connectivity index (χ1v) is 6.14. The third kappa shape index (κ3) is 2.49. The lowest BCUT2D eigenvalue weighted by Gasteiger charge is -2.35. The maximum atomic E-state index is 12.5. The molecule has 6 heteroatoms. The van der Waals surface area contributed by atoms with Crippen LogP contribution in [0.1, 0.15) is 18.1 Å². The molecule has 0 N–H and O–H groups in total. The minimum atomic E-state index is -4.16. The van der Waals surface area contributed by atoms with Gasteiger partial charge in [0.25, 0.3) is 0 Å². The zero-order valence-corrected chi connectivity index (χ0v) is 10.5. The Morgan fingerprint density at radius 1 is 1.21 bits per heavy atom. The quantitative estimate of drug-likeness (QED) is 0.785. The molecule has 104 valence electrons. The lowest BCUT2D eigenvalue weighted by atomic mass is 9.94. The van der Waals surface area contributed by atoms with E-state index in [0.717, 1.165) is 11.1 Å². The molecule has 3 rings (SSSR count). The summed E-state index contributed by atoms with van der Waals surface area (Å²) >= 11 is 0. The number of nitrogens with zero attached hydrogens (tertiary/aromatic N) is 1. The van der Waals surface area contributed by atoms with Gasteiger partial charge in [-0.15, -0.1) is 0 Å². The van der Waals surface area contributed by atoms with Crippen molar-refractivity contribution >= 4 is 0 Å². The van der Waals surface area contributed by atoms with Crippen molar-refractivity contribution in [2.45, 2.75) is 32.1 Å². The molecular formula is C13H14F3NO2. The Labute approximate surface area is 108 Å². The van der Waals surface area contributed by atoms with Gasteiger partial charge in [0, 0.05) is 12.6 Å². The molecule has 2 aliphatic rings. The summed E-state index contributed by atoms with van der Waals surface area (Å²) in [4.78, 5) is 1.45. The minimum Gasteiger partial charge on any atom is -0.454 e. The summed E-state index contributed by atoms with van der Waals surface area (Å²) < 4.78 is 48.1. The first-order chi connectivity index (χ1) is 8.92. The van der Waals surface area contributed by atoms with E-state index >= 15 is 0 Å². The van der Waals surface area contributed by atoms with Gasteiger partial charge in [0.2, 0.25) is 6.79 Å². The van der Waals surface area contributed by atoms with Gasteiger partial charge < -0.3 is 9.47 Å². The van der Waals surface area contributed by atoms with Gasteiger partial charge in [-0.1, -0.05) is 0 Å². The fourth-order valence-electron chi connectivity index (χ4n) is 2.63. The Bertz CT molecular complexity index is 501. The van der Waals surface area contributed by atoms with Crippen LogP contribution in [0, 0.1) is 0 Å². The number of ether oxygens (including phenoxy) is 2. The molecule has 1 aromatic carbocycles. The first kappa shape index (κ1) is 12.6. The standard InChI is InChI=1S/C13H14F3NO2/c1-8-2-9-3-11-12(19-7-18-11)4-10(9)5-17(8)6-13(14,15)16/h3-4,8H,2,5-7H2,1H3. The molecule has 0 saturated heterocycles. The van der Waals surface area contributed by atoms with Crippen molar-refractivity contribution in [1.29, 1.82) is 0 Å². The number of alkyl halides is 3. The normalized spacial score (nSPS) is 22.4. The molecule has 1 aromatic rings. The van der Waals surface area contributed by atoms with Gasteiger partial charge in [-0.2, -0.15) is 13.2 Å². The summed E-state index contributed by atoms with van der Waals surface area (Å²) in [6.45, 7) is 1.42. The molecular weight excluding hydrogens is 259 g/mol. The largest absolute Gasteiger partial charge is 0.454 e.